The van der Waals surface area contributed by atoms with Crippen LogP contribution in [0.15, 0.2) is 0 Å². The van der Waals surface area contributed by atoms with Crippen LogP contribution in [0.25, 0.3) is 0 Å². The smallest absolute Gasteiger partial charge is 0.116 e. The summed E-state index contributed by atoms with van der Waals surface area (Å²) < 4.78 is 2.77. The summed E-state index contributed by atoms with van der Waals surface area (Å²) in [5.74, 6) is 2.99. The molecule has 0 aromatic carbocycles. The van der Waals surface area contributed by atoms with Gasteiger partial charge >= 0.3 is 0 Å². The number of rotatable bonds is 1. The van der Waals surface area contributed by atoms with E-state index >= 15 is 0 Å². The molecule has 0 aliphatic carbocycles. The molecule has 1 rings (SSSR count). The zero-order valence-electron chi connectivity index (χ0n) is 10.4. The van der Waals surface area contributed by atoms with E-state index in [-0.39, 0.29) is 5.54 Å². The Kier molecular flexibility index (Phi) is 2.77. The van der Waals surface area contributed by atoms with Crippen molar-refractivity contribution >= 4 is 16.5 Å². The lowest BCUT2D eigenvalue weighted by Crippen LogP contribution is -2.63. The lowest BCUT2D eigenvalue weighted by molar-refractivity contribution is 0.417. The Balaban J connectivity index is 3.11. The normalized spacial score (nSPS) is 26.1. The average molecular weight is 225 g/mol. The standard InChI is InChI=1S/C11H23NSi2/c1-8-11(2,3)12-13(4,5)9-10-14(12,6)7/h1H,9-10H2,2-7H3. The summed E-state index contributed by atoms with van der Waals surface area (Å²) in [6, 6.07) is 2.86. The van der Waals surface area contributed by atoms with Crippen molar-refractivity contribution in [2.75, 3.05) is 0 Å². The molecule has 0 bridgehead atoms. The van der Waals surface area contributed by atoms with E-state index in [1.807, 2.05) is 0 Å². The van der Waals surface area contributed by atoms with E-state index in [0.717, 1.165) is 0 Å². The Morgan fingerprint density at radius 1 is 1.07 bits per heavy atom. The van der Waals surface area contributed by atoms with Crippen LogP contribution in [-0.2, 0) is 0 Å². The second-order valence-corrected chi connectivity index (χ2v) is 15.8. The van der Waals surface area contributed by atoms with E-state index in [0.29, 0.717) is 0 Å². The van der Waals surface area contributed by atoms with Gasteiger partial charge in [0.25, 0.3) is 0 Å². The highest BCUT2D eigenvalue weighted by Gasteiger charge is 2.52. The highest BCUT2D eigenvalue weighted by atomic mass is 28.4. The van der Waals surface area contributed by atoms with Gasteiger partial charge in [0.2, 0.25) is 0 Å². The maximum absolute atomic E-state index is 5.68. The van der Waals surface area contributed by atoms with Crippen LogP contribution in [-0.4, -0.2) is 26.2 Å². The van der Waals surface area contributed by atoms with Crippen LogP contribution >= 0.6 is 0 Å². The third-order valence-corrected chi connectivity index (χ3v) is 14.1. The molecular weight excluding hydrogens is 202 g/mol. The first kappa shape index (κ1) is 12.0. The maximum atomic E-state index is 5.68. The molecule has 0 radical (unpaired) electrons. The van der Waals surface area contributed by atoms with Crippen molar-refractivity contribution in [1.29, 1.82) is 0 Å². The Hall–Kier alpha value is -0.0462. The summed E-state index contributed by atoms with van der Waals surface area (Å²) >= 11 is 0. The third kappa shape index (κ3) is 1.84. The molecule has 0 atom stereocenters. The summed E-state index contributed by atoms with van der Waals surface area (Å²) in [6.07, 6.45) is 5.68. The fraction of sp³-hybridized carbons (Fsp3) is 0.818. The van der Waals surface area contributed by atoms with Crippen LogP contribution in [0.3, 0.4) is 0 Å². The maximum Gasteiger partial charge on any atom is 0.116 e. The number of nitrogens with zero attached hydrogens (tertiary/aromatic N) is 1. The van der Waals surface area contributed by atoms with Crippen LogP contribution < -0.4 is 0 Å². The molecule has 0 spiro atoms. The summed E-state index contributed by atoms with van der Waals surface area (Å²) in [4.78, 5) is 0. The fourth-order valence-corrected chi connectivity index (χ4v) is 19.0. The predicted molar refractivity (Wildman–Crippen MR) is 69.3 cm³/mol. The SMILES string of the molecule is C#CC(C)(C)N1[Si](C)(C)CC[Si]1(C)C. The van der Waals surface area contributed by atoms with Gasteiger partial charge in [0.05, 0.1) is 5.54 Å². The first-order valence-corrected chi connectivity index (χ1v) is 11.7. The lowest BCUT2D eigenvalue weighted by atomic mass is 10.1. The monoisotopic (exact) mass is 225 g/mol. The zero-order chi connectivity index (χ0) is 11.2. The molecule has 0 saturated carbocycles. The first-order valence-electron chi connectivity index (χ1n) is 5.42. The molecular formula is C11H23NSi2. The number of hydrogen-bond acceptors (Lipinski definition) is 1. The minimum Gasteiger partial charge on any atom is -0.331 e. The van der Waals surface area contributed by atoms with E-state index in [1.165, 1.54) is 12.1 Å². The van der Waals surface area contributed by atoms with E-state index in [1.54, 1.807) is 0 Å². The molecule has 3 heteroatoms. The Morgan fingerprint density at radius 3 is 1.71 bits per heavy atom. The van der Waals surface area contributed by atoms with Gasteiger partial charge in [-0.15, -0.1) is 6.42 Å². The van der Waals surface area contributed by atoms with Crippen LogP contribution in [0.5, 0.6) is 0 Å². The summed E-state index contributed by atoms with van der Waals surface area (Å²) in [7, 11) is -2.42. The molecule has 1 heterocycles. The molecule has 0 unspecified atom stereocenters. The molecule has 1 fully saturated rings. The molecule has 0 aromatic heterocycles. The zero-order valence-corrected chi connectivity index (χ0v) is 12.4. The minimum absolute atomic E-state index is 0.0258. The highest BCUT2D eigenvalue weighted by molar-refractivity contribution is 6.95. The van der Waals surface area contributed by atoms with Crippen molar-refractivity contribution in [2.45, 2.75) is 57.7 Å². The Morgan fingerprint density at radius 2 is 1.43 bits per heavy atom. The van der Waals surface area contributed by atoms with E-state index in [2.05, 4.69) is 50.2 Å². The molecule has 1 saturated heterocycles. The lowest BCUT2D eigenvalue weighted by Gasteiger charge is -2.47. The van der Waals surface area contributed by atoms with Gasteiger partial charge in [-0.2, -0.15) is 0 Å². The van der Waals surface area contributed by atoms with Crippen molar-refractivity contribution in [3.05, 3.63) is 0 Å². The van der Waals surface area contributed by atoms with Crippen LogP contribution in [0, 0.1) is 12.3 Å². The van der Waals surface area contributed by atoms with Gasteiger partial charge in [0.1, 0.15) is 16.5 Å². The minimum atomic E-state index is -1.21. The molecule has 1 aliphatic rings. The van der Waals surface area contributed by atoms with Crippen molar-refractivity contribution in [1.82, 2.24) is 4.23 Å². The quantitative estimate of drug-likeness (QED) is 0.489. The topological polar surface area (TPSA) is 3.24 Å². The molecule has 0 amide bonds. The molecule has 1 aliphatic heterocycles. The molecule has 14 heavy (non-hydrogen) atoms. The first-order chi connectivity index (χ1) is 6.13. The summed E-state index contributed by atoms with van der Waals surface area (Å²) in [6.45, 7) is 14.3. The van der Waals surface area contributed by atoms with Gasteiger partial charge in [0, 0.05) is 0 Å². The number of terminal acetylenes is 1. The van der Waals surface area contributed by atoms with Crippen molar-refractivity contribution < 1.29 is 0 Å². The summed E-state index contributed by atoms with van der Waals surface area (Å²) in [5, 5.41) is 0. The van der Waals surface area contributed by atoms with Gasteiger partial charge < -0.3 is 4.23 Å². The van der Waals surface area contributed by atoms with Crippen LogP contribution in [0.2, 0.25) is 38.3 Å². The second kappa shape index (κ2) is 3.23. The van der Waals surface area contributed by atoms with Gasteiger partial charge in [-0.05, 0) is 25.9 Å². The Bertz CT molecular complexity index is 258. The van der Waals surface area contributed by atoms with Crippen LogP contribution in [0.4, 0.5) is 0 Å². The average Bonchev–Trinajstić information content (AvgIpc) is 2.21. The molecule has 0 N–H and O–H groups in total. The van der Waals surface area contributed by atoms with Crippen molar-refractivity contribution in [3.63, 3.8) is 0 Å². The molecule has 80 valence electrons. The highest BCUT2D eigenvalue weighted by Crippen LogP contribution is 2.41. The van der Waals surface area contributed by atoms with E-state index in [4.69, 9.17) is 6.42 Å². The van der Waals surface area contributed by atoms with Crippen LogP contribution in [0.1, 0.15) is 13.8 Å². The predicted octanol–water partition coefficient (Wildman–Crippen LogP) is 3.12. The summed E-state index contributed by atoms with van der Waals surface area (Å²) in [5.41, 5.74) is -0.0258. The third-order valence-electron chi connectivity index (χ3n) is 3.47. The number of hydrogen-bond donors (Lipinski definition) is 0. The van der Waals surface area contributed by atoms with Crippen molar-refractivity contribution in [3.8, 4) is 12.3 Å². The Labute approximate surface area is 91.1 Å². The van der Waals surface area contributed by atoms with Gasteiger partial charge in [-0.1, -0.05) is 32.1 Å². The second-order valence-electron chi connectivity index (χ2n) is 6.16. The van der Waals surface area contributed by atoms with Crippen molar-refractivity contribution in [2.24, 2.45) is 0 Å². The molecule has 1 nitrogen and oxygen atoms in total. The van der Waals surface area contributed by atoms with Gasteiger partial charge in [-0.3, -0.25) is 0 Å². The molecule has 0 aromatic rings. The fourth-order valence-electron chi connectivity index (χ4n) is 3.23. The van der Waals surface area contributed by atoms with Gasteiger partial charge in [0.15, 0.2) is 0 Å². The van der Waals surface area contributed by atoms with Gasteiger partial charge in [-0.25, -0.2) is 0 Å². The van der Waals surface area contributed by atoms with E-state index in [9.17, 15) is 0 Å². The van der Waals surface area contributed by atoms with E-state index < -0.39 is 16.5 Å². The largest absolute Gasteiger partial charge is 0.331 e.